The first kappa shape index (κ1) is 16.2. The summed E-state index contributed by atoms with van der Waals surface area (Å²) in [6.07, 6.45) is 0. The van der Waals surface area contributed by atoms with Crippen molar-refractivity contribution in [2.75, 3.05) is 13.1 Å². The number of hydrogen-bond acceptors (Lipinski definition) is 3. The van der Waals surface area contributed by atoms with Gasteiger partial charge in [-0.15, -0.1) is 0 Å². The second-order valence-corrected chi connectivity index (χ2v) is 6.65. The molecule has 2 aromatic rings. The molecule has 0 saturated heterocycles. The highest BCUT2D eigenvalue weighted by Gasteiger charge is 2.16. The minimum atomic E-state index is -3.63. The fourth-order valence-corrected chi connectivity index (χ4v) is 3.28. The summed E-state index contributed by atoms with van der Waals surface area (Å²) in [5, 5.41) is 4.11. The van der Waals surface area contributed by atoms with Gasteiger partial charge in [-0.05, 0) is 18.4 Å². The number of benzene rings is 2. The van der Waals surface area contributed by atoms with Crippen LogP contribution >= 0.6 is 0 Å². The van der Waals surface area contributed by atoms with Gasteiger partial charge in [-0.25, -0.2) is 13.1 Å². The summed E-state index contributed by atoms with van der Waals surface area (Å²) in [7, 11) is -3.63. The molecular formula is C16H18N2O3S. The van der Waals surface area contributed by atoms with Gasteiger partial charge in [0.1, 0.15) is 0 Å². The first-order chi connectivity index (χ1) is 10.4. The van der Waals surface area contributed by atoms with E-state index >= 15 is 0 Å². The van der Waals surface area contributed by atoms with Crippen molar-refractivity contribution in [3.8, 4) is 0 Å². The van der Waals surface area contributed by atoms with Crippen molar-refractivity contribution >= 4 is 26.7 Å². The third-order valence-corrected chi connectivity index (χ3v) is 4.65. The lowest BCUT2D eigenvalue weighted by atomic mass is 10.1. The molecule has 0 radical (unpaired) electrons. The van der Waals surface area contributed by atoms with Crippen LogP contribution in [0.5, 0.6) is 0 Å². The quantitative estimate of drug-likeness (QED) is 0.630. The van der Waals surface area contributed by atoms with Crippen molar-refractivity contribution in [2.24, 2.45) is 0 Å². The molecule has 0 aliphatic rings. The Morgan fingerprint density at radius 2 is 1.77 bits per heavy atom. The zero-order valence-electron chi connectivity index (χ0n) is 12.3. The van der Waals surface area contributed by atoms with E-state index in [1.54, 1.807) is 31.2 Å². The van der Waals surface area contributed by atoms with Gasteiger partial charge in [-0.3, -0.25) is 4.79 Å². The van der Waals surface area contributed by atoms with Gasteiger partial charge >= 0.3 is 0 Å². The van der Waals surface area contributed by atoms with Gasteiger partial charge in [0.05, 0.1) is 4.90 Å². The Kier molecular flexibility index (Phi) is 4.95. The summed E-state index contributed by atoms with van der Waals surface area (Å²) in [5.41, 5.74) is 0.386. The van der Waals surface area contributed by atoms with Crippen molar-refractivity contribution in [3.63, 3.8) is 0 Å². The molecule has 2 aromatic carbocycles. The van der Waals surface area contributed by atoms with Crippen molar-refractivity contribution < 1.29 is 13.2 Å². The number of carbonyl (C=O) groups excluding carboxylic acids is 1. The van der Waals surface area contributed by atoms with E-state index in [9.17, 15) is 13.2 Å². The maximum atomic E-state index is 12.4. The summed E-state index contributed by atoms with van der Waals surface area (Å²) in [5.74, 6) is -0.288. The number of rotatable bonds is 6. The zero-order chi connectivity index (χ0) is 16.2. The largest absolute Gasteiger partial charge is 0.351 e. The number of hydrogen-bond donors (Lipinski definition) is 2. The summed E-state index contributed by atoms with van der Waals surface area (Å²) in [6.45, 7) is 5.43. The fourth-order valence-electron chi connectivity index (χ4n) is 2.02. The molecule has 0 heterocycles. The summed E-state index contributed by atoms with van der Waals surface area (Å²) in [6, 6.07) is 12.4. The molecule has 1 amide bonds. The molecule has 2 rings (SSSR count). The van der Waals surface area contributed by atoms with E-state index in [1.807, 2.05) is 18.2 Å². The molecule has 0 unspecified atom stereocenters. The van der Waals surface area contributed by atoms with Crippen LogP contribution in [0.3, 0.4) is 0 Å². The van der Waals surface area contributed by atoms with Crippen LogP contribution in [0, 0.1) is 0 Å². The average molecular weight is 318 g/mol. The number of sulfonamides is 1. The van der Waals surface area contributed by atoms with E-state index in [0.29, 0.717) is 11.0 Å². The molecule has 0 bridgehead atoms. The Balaban J connectivity index is 2.10. The lowest BCUT2D eigenvalue weighted by Gasteiger charge is -2.10. The highest BCUT2D eigenvalue weighted by atomic mass is 32.2. The Hall–Kier alpha value is -2.18. The SMILES string of the molecule is C=C(C)C(=O)NCCNS(=O)(=O)c1cccc2ccccc12. The Bertz CT molecular complexity index is 808. The predicted molar refractivity (Wildman–Crippen MR) is 87.0 cm³/mol. The fraction of sp³-hybridized carbons (Fsp3) is 0.188. The van der Waals surface area contributed by atoms with Crippen LogP contribution in [0.25, 0.3) is 10.8 Å². The topological polar surface area (TPSA) is 75.3 Å². The number of carbonyl (C=O) groups is 1. The van der Waals surface area contributed by atoms with E-state index in [1.165, 1.54) is 0 Å². The summed E-state index contributed by atoms with van der Waals surface area (Å²) >= 11 is 0. The van der Waals surface area contributed by atoms with E-state index in [2.05, 4.69) is 16.6 Å². The van der Waals surface area contributed by atoms with E-state index in [0.717, 1.165) is 5.39 Å². The lowest BCUT2D eigenvalue weighted by molar-refractivity contribution is -0.117. The van der Waals surface area contributed by atoms with Crippen LogP contribution in [0.15, 0.2) is 59.5 Å². The van der Waals surface area contributed by atoms with Gasteiger partial charge in [0.15, 0.2) is 0 Å². The van der Waals surface area contributed by atoms with Crippen molar-refractivity contribution in [2.45, 2.75) is 11.8 Å². The monoisotopic (exact) mass is 318 g/mol. The minimum Gasteiger partial charge on any atom is -0.351 e. The molecule has 0 aromatic heterocycles. The molecule has 116 valence electrons. The van der Waals surface area contributed by atoms with Gasteiger partial charge < -0.3 is 5.32 Å². The average Bonchev–Trinajstić information content (AvgIpc) is 2.50. The van der Waals surface area contributed by atoms with Crippen LogP contribution in [0.4, 0.5) is 0 Å². The van der Waals surface area contributed by atoms with E-state index in [-0.39, 0.29) is 23.9 Å². The highest BCUT2D eigenvalue weighted by molar-refractivity contribution is 7.89. The Labute approximate surface area is 130 Å². The maximum Gasteiger partial charge on any atom is 0.246 e. The maximum absolute atomic E-state index is 12.4. The summed E-state index contributed by atoms with van der Waals surface area (Å²) < 4.78 is 27.3. The smallest absolute Gasteiger partial charge is 0.246 e. The standard InChI is InChI=1S/C16H18N2O3S/c1-12(2)16(19)17-10-11-18-22(20,21)15-9-5-7-13-6-3-4-8-14(13)15/h3-9,18H,1,10-11H2,2H3,(H,17,19). The molecule has 0 spiro atoms. The van der Waals surface area contributed by atoms with Gasteiger partial charge in [0, 0.05) is 24.0 Å². The Morgan fingerprint density at radius 3 is 2.50 bits per heavy atom. The molecule has 0 aliphatic carbocycles. The molecule has 6 heteroatoms. The van der Waals surface area contributed by atoms with Gasteiger partial charge in [-0.1, -0.05) is 43.0 Å². The second kappa shape index (κ2) is 6.72. The Morgan fingerprint density at radius 1 is 1.09 bits per heavy atom. The van der Waals surface area contributed by atoms with Crippen LogP contribution < -0.4 is 10.0 Å². The number of nitrogens with one attached hydrogen (secondary N) is 2. The van der Waals surface area contributed by atoms with Crippen molar-refractivity contribution in [1.29, 1.82) is 0 Å². The van der Waals surface area contributed by atoms with Crippen molar-refractivity contribution in [3.05, 3.63) is 54.6 Å². The highest BCUT2D eigenvalue weighted by Crippen LogP contribution is 2.22. The summed E-state index contributed by atoms with van der Waals surface area (Å²) in [4.78, 5) is 11.6. The van der Waals surface area contributed by atoms with E-state index < -0.39 is 10.0 Å². The van der Waals surface area contributed by atoms with Crippen LogP contribution in [0.1, 0.15) is 6.92 Å². The third-order valence-electron chi connectivity index (χ3n) is 3.13. The lowest BCUT2D eigenvalue weighted by Crippen LogP contribution is -2.34. The van der Waals surface area contributed by atoms with Gasteiger partial charge in [0.25, 0.3) is 0 Å². The molecule has 2 N–H and O–H groups in total. The molecule has 0 aliphatic heterocycles. The molecule has 0 saturated carbocycles. The van der Waals surface area contributed by atoms with Crippen LogP contribution in [-0.2, 0) is 14.8 Å². The molecule has 5 nitrogen and oxygen atoms in total. The zero-order valence-corrected chi connectivity index (χ0v) is 13.1. The first-order valence-electron chi connectivity index (χ1n) is 6.83. The molecule has 0 atom stereocenters. The number of fused-ring (bicyclic) bond motifs is 1. The molecule has 0 fully saturated rings. The normalized spacial score (nSPS) is 11.3. The van der Waals surface area contributed by atoms with Crippen LogP contribution in [0.2, 0.25) is 0 Å². The van der Waals surface area contributed by atoms with Crippen LogP contribution in [-0.4, -0.2) is 27.4 Å². The van der Waals surface area contributed by atoms with Crippen molar-refractivity contribution in [1.82, 2.24) is 10.0 Å². The van der Waals surface area contributed by atoms with E-state index in [4.69, 9.17) is 0 Å². The van der Waals surface area contributed by atoms with Gasteiger partial charge in [-0.2, -0.15) is 0 Å². The first-order valence-corrected chi connectivity index (χ1v) is 8.31. The van der Waals surface area contributed by atoms with Gasteiger partial charge in [0.2, 0.25) is 15.9 Å². The minimum absolute atomic E-state index is 0.116. The molecular weight excluding hydrogens is 300 g/mol. The predicted octanol–water partition coefficient (Wildman–Crippen LogP) is 1.81. The second-order valence-electron chi connectivity index (χ2n) is 4.91. The molecule has 22 heavy (non-hydrogen) atoms. The number of amides is 1. The third kappa shape index (κ3) is 3.72.